The number of benzene rings is 1. The minimum Gasteiger partial charge on any atom is -0.387 e. The molecule has 1 aromatic heterocycles. The molecule has 1 unspecified atom stereocenters. The van der Waals surface area contributed by atoms with Gasteiger partial charge in [0.05, 0.1) is 5.60 Å². The lowest BCUT2D eigenvalue weighted by Crippen LogP contribution is -2.43. The number of likely N-dealkylation sites (N-methyl/N-ethyl adjacent to an activating group) is 1. The SMILES string of the molecule is CN(Cc1cc[nH]c1)CC1(O)CCN(Cc2ccccc2)C1. The number of likely N-dealkylation sites (tertiary alicyclic amines) is 1. The number of rotatable bonds is 6. The predicted molar refractivity (Wildman–Crippen MR) is 88.4 cm³/mol. The molecule has 0 radical (unpaired) electrons. The fraction of sp³-hybridized carbons (Fsp3) is 0.444. The van der Waals surface area contributed by atoms with E-state index in [0.717, 1.165) is 32.6 Å². The molecule has 1 atom stereocenters. The topological polar surface area (TPSA) is 42.5 Å². The van der Waals surface area contributed by atoms with E-state index in [-0.39, 0.29) is 0 Å². The molecule has 1 fully saturated rings. The van der Waals surface area contributed by atoms with E-state index >= 15 is 0 Å². The lowest BCUT2D eigenvalue weighted by molar-refractivity contribution is 0.0162. The van der Waals surface area contributed by atoms with Gasteiger partial charge in [-0.15, -0.1) is 0 Å². The van der Waals surface area contributed by atoms with Gasteiger partial charge in [0.25, 0.3) is 0 Å². The van der Waals surface area contributed by atoms with Crippen LogP contribution in [0.25, 0.3) is 0 Å². The van der Waals surface area contributed by atoms with Crippen molar-refractivity contribution in [1.82, 2.24) is 14.8 Å². The molecule has 0 saturated carbocycles. The third kappa shape index (κ3) is 3.97. The number of aromatic amines is 1. The lowest BCUT2D eigenvalue weighted by Gasteiger charge is -2.29. The fourth-order valence-electron chi connectivity index (χ4n) is 3.37. The third-order valence-electron chi connectivity index (χ3n) is 4.34. The summed E-state index contributed by atoms with van der Waals surface area (Å²) in [5.74, 6) is 0. The number of aromatic nitrogens is 1. The molecule has 1 saturated heterocycles. The number of nitrogens with zero attached hydrogens (tertiary/aromatic N) is 2. The van der Waals surface area contributed by atoms with E-state index in [1.54, 1.807) is 0 Å². The molecule has 2 aromatic rings. The highest BCUT2D eigenvalue weighted by atomic mass is 16.3. The van der Waals surface area contributed by atoms with Crippen LogP contribution in [0, 0.1) is 0 Å². The van der Waals surface area contributed by atoms with Gasteiger partial charge in [-0.1, -0.05) is 30.3 Å². The molecular weight excluding hydrogens is 274 g/mol. The van der Waals surface area contributed by atoms with Gasteiger partial charge >= 0.3 is 0 Å². The fourth-order valence-corrected chi connectivity index (χ4v) is 3.37. The molecular formula is C18H25N3O. The van der Waals surface area contributed by atoms with E-state index in [2.05, 4.69) is 52.2 Å². The van der Waals surface area contributed by atoms with Gasteiger partial charge in [0.2, 0.25) is 0 Å². The van der Waals surface area contributed by atoms with E-state index in [1.165, 1.54) is 11.1 Å². The number of hydrogen-bond donors (Lipinski definition) is 2. The van der Waals surface area contributed by atoms with Gasteiger partial charge in [0.1, 0.15) is 0 Å². The Balaban J connectivity index is 1.51. The highest BCUT2D eigenvalue weighted by Crippen LogP contribution is 2.24. The van der Waals surface area contributed by atoms with Crippen LogP contribution in [-0.4, -0.2) is 52.2 Å². The standard InChI is InChI=1S/C18H25N3O/c1-20(12-17-7-9-19-11-17)14-18(22)8-10-21(15-18)13-16-5-3-2-4-6-16/h2-7,9,11,19,22H,8,10,12-15H2,1H3. The Morgan fingerprint density at radius 2 is 2.05 bits per heavy atom. The average molecular weight is 299 g/mol. The van der Waals surface area contributed by atoms with Crippen molar-refractivity contribution < 1.29 is 5.11 Å². The van der Waals surface area contributed by atoms with Gasteiger partial charge < -0.3 is 10.1 Å². The number of H-pyrrole nitrogens is 1. The second-order valence-electron chi connectivity index (χ2n) is 6.56. The summed E-state index contributed by atoms with van der Waals surface area (Å²) in [6, 6.07) is 12.6. The van der Waals surface area contributed by atoms with Crippen molar-refractivity contribution in [2.24, 2.45) is 0 Å². The molecule has 0 aliphatic carbocycles. The zero-order valence-corrected chi connectivity index (χ0v) is 13.2. The largest absolute Gasteiger partial charge is 0.387 e. The highest BCUT2D eigenvalue weighted by Gasteiger charge is 2.36. The maximum atomic E-state index is 10.8. The number of hydrogen-bond acceptors (Lipinski definition) is 3. The summed E-state index contributed by atoms with van der Waals surface area (Å²) < 4.78 is 0. The zero-order valence-electron chi connectivity index (χ0n) is 13.2. The van der Waals surface area contributed by atoms with Crippen LogP contribution in [0.1, 0.15) is 17.5 Å². The Labute approximate surface area is 132 Å². The minimum absolute atomic E-state index is 0.597. The molecule has 1 aliphatic heterocycles. The monoisotopic (exact) mass is 299 g/mol. The Morgan fingerprint density at radius 1 is 1.23 bits per heavy atom. The Morgan fingerprint density at radius 3 is 2.77 bits per heavy atom. The molecule has 4 nitrogen and oxygen atoms in total. The summed E-state index contributed by atoms with van der Waals surface area (Å²) >= 11 is 0. The molecule has 1 aromatic carbocycles. The third-order valence-corrected chi connectivity index (χ3v) is 4.34. The van der Waals surface area contributed by atoms with Gasteiger partial charge in [-0.3, -0.25) is 9.80 Å². The normalized spacial score (nSPS) is 22.5. The summed E-state index contributed by atoms with van der Waals surface area (Å²) in [6.07, 6.45) is 4.79. The quantitative estimate of drug-likeness (QED) is 0.858. The van der Waals surface area contributed by atoms with Crippen LogP contribution in [0.15, 0.2) is 48.8 Å². The molecule has 1 aliphatic rings. The first kappa shape index (κ1) is 15.3. The first-order valence-corrected chi connectivity index (χ1v) is 7.92. The van der Waals surface area contributed by atoms with Crippen molar-refractivity contribution in [3.8, 4) is 0 Å². The van der Waals surface area contributed by atoms with Crippen molar-refractivity contribution in [2.45, 2.75) is 25.1 Å². The van der Waals surface area contributed by atoms with Crippen molar-refractivity contribution in [3.05, 3.63) is 59.9 Å². The number of nitrogens with one attached hydrogen (secondary N) is 1. The summed E-state index contributed by atoms with van der Waals surface area (Å²) in [7, 11) is 2.07. The van der Waals surface area contributed by atoms with Gasteiger partial charge in [-0.2, -0.15) is 0 Å². The molecule has 0 bridgehead atoms. The van der Waals surface area contributed by atoms with Gasteiger partial charge in [-0.25, -0.2) is 0 Å². The van der Waals surface area contributed by atoms with Crippen LogP contribution in [0.3, 0.4) is 0 Å². The smallest absolute Gasteiger partial charge is 0.0912 e. The summed E-state index contributed by atoms with van der Waals surface area (Å²) in [6.45, 7) is 4.21. The Hall–Kier alpha value is -1.62. The van der Waals surface area contributed by atoms with Crippen LogP contribution >= 0.6 is 0 Å². The van der Waals surface area contributed by atoms with Crippen LogP contribution < -0.4 is 0 Å². The average Bonchev–Trinajstić information content (AvgIpc) is 3.10. The van der Waals surface area contributed by atoms with Gasteiger partial charge in [-0.05, 0) is 30.7 Å². The number of β-amino-alcohol motifs (C(OH)–C–C–N with tert-alkyl or cyclic N) is 1. The molecule has 0 amide bonds. The van der Waals surface area contributed by atoms with Gasteiger partial charge in [0, 0.05) is 45.1 Å². The van der Waals surface area contributed by atoms with Crippen LogP contribution in [0.2, 0.25) is 0 Å². The summed E-state index contributed by atoms with van der Waals surface area (Å²) in [5.41, 5.74) is 1.97. The van der Waals surface area contributed by atoms with Crippen LogP contribution in [-0.2, 0) is 13.1 Å². The molecule has 118 valence electrons. The van der Waals surface area contributed by atoms with Crippen molar-refractivity contribution in [3.63, 3.8) is 0 Å². The van der Waals surface area contributed by atoms with E-state index in [1.807, 2.05) is 18.5 Å². The Kier molecular flexibility index (Phi) is 4.62. The van der Waals surface area contributed by atoms with Crippen molar-refractivity contribution in [2.75, 3.05) is 26.7 Å². The van der Waals surface area contributed by atoms with Gasteiger partial charge in [0.15, 0.2) is 0 Å². The Bertz CT molecular complexity index is 569. The second-order valence-corrected chi connectivity index (χ2v) is 6.56. The summed E-state index contributed by atoms with van der Waals surface area (Å²) in [4.78, 5) is 7.63. The van der Waals surface area contributed by atoms with Crippen LogP contribution in [0.4, 0.5) is 0 Å². The summed E-state index contributed by atoms with van der Waals surface area (Å²) in [5, 5.41) is 10.8. The highest BCUT2D eigenvalue weighted by molar-refractivity contribution is 5.15. The second kappa shape index (κ2) is 6.65. The van der Waals surface area contributed by atoms with Crippen molar-refractivity contribution >= 4 is 0 Å². The van der Waals surface area contributed by atoms with E-state index < -0.39 is 5.60 Å². The maximum absolute atomic E-state index is 10.8. The van der Waals surface area contributed by atoms with Crippen molar-refractivity contribution in [1.29, 1.82) is 0 Å². The maximum Gasteiger partial charge on any atom is 0.0912 e. The molecule has 4 heteroatoms. The number of aliphatic hydroxyl groups is 1. The van der Waals surface area contributed by atoms with Crippen LogP contribution in [0.5, 0.6) is 0 Å². The van der Waals surface area contributed by atoms with E-state index in [4.69, 9.17) is 0 Å². The minimum atomic E-state index is -0.597. The zero-order chi connectivity index (χ0) is 15.4. The first-order chi connectivity index (χ1) is 10.6. The molecule has 3 rings (SSSR count). The first-order valence-electron chi connectivity index (χ1n) is 7.92. The molecule has 2 N–H and O–H groups in total. The van der Waals surface area contributed by atoms with E-state index in [9.17, 15) is 5.11 Å². The molecule has 0 spiro atoms. The predicted octanol–water partition coefficient (Wildman–Crippen LogP) is 2.08. The lowest BCUT2D eigenvalue weighted by atomic mass is 10.0. The molecule has 2 heterocycles. The molecule has 22 heavy (non-hydrogen) atoms. The van der Waals surface area contributed by atoms with E-state index in [0.29, 0.717) is 6.54 Å².